The highest BCUT2D eigenvalue weighted by Gasteiger charge is 2.22. The third-order valence-electron chi connectivity index (χ3n) is 4.98. The monoisotopic (exact) mass is 277 g/mol. The van der Waals surface area contributed by atoms with E-state index >= 15 is 0 Å². The first kappa shape index (κ1) is 17.5. The number of nitriles is 1. The molecule has 116 valence electrons. The molecule has 0 saturated heterocycles. The molecule has 1 aliphatic rings. The fourth-order valence-corrected chi connectivity index (χ4v) is 3.39. The molecule has 0 heterocycles. The molecule has 1 heteroatoms. The van der Waals surface area contributed by atoms with E-state index in [0.29, 0.717) is 0 Å². The van der Waals surface area contributed by atoms with Crippen LogP contribution in [0, 0.1) is 16.7 Å². The zero-order valence-electron chi connectivity index (χ0n) is 13.8. The molecule has 0 N–H and O–H groups in total. The maximum Gasteiger partial charge on any atom is 0.0686 e. The van der Waals surface area contributed by atoms with Gasteiger partial charge in [-0.15, -0.1) is 0 Å². The molecule has 20 heavy (non-hydrogen) atoms. The number of rotatable bonds is 0. The van der Waals surface area contributed by atoms with Gasteiger partial charge in [-0.2, -0.15) is 5.26 Å². The summed E-state index contributed by atoms with van der Waals surface area (Å²) in [6, 6.07) is 2.59. The normalized spacial score (nSPS) is 24.4. The summed E-state index contributed by atoms with van der Waals surface area (Å²) in [7, 11) is 0. The second-order valence-electron chi connectivity index (χ2n) is 7.12. The van der Waals surface area contributed by atoms with Gasteiger partial charge in [-0.25, -0.2) is 0 Å². The third kappa shape index (κ3) is 8.62. The largest absolute Gasteiger partial charge is 0.198 e. The standard InChI is InChI=1S/C19H35N/c1-19(18-20)16-14-12-10-8-6-4-2-3-5-7-9-11-13-15-17-19/h2-17H2,1H3. The van der Waals surface area contributed by atoms with E-state index < -0.39 is 0 Å². The van der Waals surface area contributed by atoms with Gasteiger partial charge in [0.15, 0.2) is 0 Å². The summed E-state index contributed by atoms with van der Waals surface area (Å²) >= 11 is 0. The SMILES string of the molecule is CC1(C#N)CCCCCCCCCCCCCCCC1. The Labute approximate surface area is 127 Å². The van der Waals surface area contributed by atoms with Crippen molar-refractivity contribution in [2.75, 3.05) is 0 Å². The maximum absolute atomic E-state index is 9.43. The Hall–Kier alpha value is -0.510. The lowest BCUT2D eigenvalue weighted by atomic mass is 9.81. The summed E-state index contributed by atoms with van der Waals surface area (Å²) < 4.78 is 0. The van der Waals surface area contributed by atoms with E-state index in [0.717, 1.165) is 12.8 Å². The second kappa shape index (κ2) is 11.2. The molecule has 0 radical (unpaired) electrons. The predicted molar refractivity (Wildman–Crippen MR) is 87.6 cm³/mol. The van der Waals surface area contributed by atoms with Gasteiger partial charge in [-0.3, -0.25) is 0 Å². The molecule has 0 aromatic rings. The quantitative estimate of drug-likeness (QED) is 0.479. The van der Waals surface area contributed by atoms with Crippen molar-refractivity contribution in [2.24, 2.45) is 5.41 Å². The van der Waals surface area contributed by atoms with Crippen LogP contribution in [0.25, 0.3) is 0 Å². The molecule has 1 saturated carbocycles. The summed E-state index contributed by atoms with van der Waals surface area (Å²) in [5, 5.41) is 9.43. The molecule has 1 aliphatic carbocycles. The van der Waals surface area contributed by atoms with Gasteiger partial charge in [0.1, 0.15) is 0 Å². The number of hydrogen-bond acceptors (Lipinski definition) is 1. The van der Waals surface area contributed by atoms with E-state index in [4.69, 9.17) is 0 Å². The van der Waals surface area contributed by atoms with Crippen molar-refractivity contribution in [2.45, 2.75) is 110 Å². The van der Waals surface area contributed by atoms with Crippen LogP contribution in [0.15, 0.2) is 0 Å². The van der Waals surface area contributed by atoms with E-state index in [1.807, 2.05) is 0 Å². The third-order valence-corrected chi connectivity index (χ3v) is 4.98. The fraction of sp³-hybridized carbons (Fsp3) is 0.947. The van der Waals surface area contributed by atoms with E-state index in [9.17, 15) is 5.26 Å². The minimum absolute atomic E-state index is 0.0477. The van der Waals surface area contributed by atoms with Crippen LogP contribution in [-0.2, 0) is 0 Å². The Morgan fingerprint density at radius 1 is 0.550 bits per heavy atom. The minimum atomic E-state index is -0.0477. The summed E-state index contributed by atoms with van der Waals surface area (Å²) in [5.74, 6) is 0. The summed E-state index contributed by atoms with van der Waals surface area (Å²) in [5.41, 5.74) is -0.0477. The highest BCUT2D eigenvalue weighted by atomic mass is 14.3. The van der Waals surface area contributed by atoms with Crippen molar-refractivity contribution in [1.82, 2.24) is 0 Å². The molecular formula is C19H35N. The van der Waals surface area contributed by atoms with Gasteiger partial charge in [0.25, 0.3) is 0 Å². The van der Waals surface area contributed by atoms with Gasteiger partial charge in [0.2, 0.25) is 0 Å². The Morgan fingerprint density at radius 2 is 0.800 bits per heavy atom. The van der Waals surface area contributed by atoms with Crippen molar-refractivity contribution in [1.29, 1.82) is 5.26 Å². The van der Waals surface area contributed by atoms with E-state index in [1.54, 1.807) is 0 Å². The average molecular weight is 277 g/mol. The molecular weight excluding hydrogens is 242 g/mol. The zero-order chi connectivity index (χ0) is 14.5. The zero-order valence-corrected chi connectivity index (χ0v) is 13.8. The number of nitrogens with zero attached hydrogens (tertiary/aromatic N) is 1. The van der Waals surface area contributed by atoms with Crippen molar-refractivity contribution in [3.05, 3.63) is 0 Å². The average Bonchev–Trinajstić information content (AvgIpc) is 2.46. The first-order chi connectivity index (χ1) is 9.77. The van der Waals surface area contributed by atoms with E-state index in [2.05, 4.69) is 13.0 Å². The van der Waals surface area contributed by atoms with Gasteiger partial charge in [0, 0.05) is 0 Å². The summed E-state index contributed by atoms with van der Waals surface area (Å²) in [6.07, 6.45) is 21.6. The van der Waals surface area contributed by atoms with E-state index in [1.165, 1.54) is 89.9 Å². The molecule has 0 atom stereocenters. The van der Waals surface area contributed by atoms with Crippen LogP contribution in [0.3, 0.4) is 0 Å². The summed E-state index contributed by atoms with van der Waals surface area (Å²) in [4.78, 5) is 0. The molecule has 0 bridgehead atoms. The lowest BCUT2D eigenvalue weighted by molar-refractivity contribution is 0.338. The van der Waals surface area contributed by atoms with Crippen molar-refractivity contribution >= 4 is 0 Å². The Balaban J connectivity index is 2.29. The van der Waals surface area contributed by atoms with Crippen LogP contribution in [0.2, 0.25) is 0 Å². The van der Waals surface area contributed by atoms with Gasteiger partial charge in [-0.05, 0) is 19.8 Å². The Kier molecular flexibility index (Phi) is 9.81. The Bertz CT molecular complexity index is 245. The van der Waals surface area contributed by atoms with Gasteiger partial charge in [0.05, 0.1) is 11.5 Å². The predicted octanol–water partition coefficient (Wildman–Crippen LogP) is 6.77. The minimum Gasteiger partial charge on any atom is -0.198 e. The highest BCUT2D eigenvalue weighted by Crippen LogP contribution is 2.30. The van der Waals surface area contributed by atoms with Gasteiger partial charge >= 0.3 is 0 Å². The lowest BCUT2D eigenvalue weighted by Gasteiger charge is -2.21. The molecule has 0 aromatic carbocycles. The van der Waals surface area contributed by atoms with Crippen LogP contribution in [-0.4, -0.2) is 0 Å². The van der Waals surface area contributed by atoms with Crippen LogP contribution in [0.4, 0.5) is 0 Å². The van der Waals surface area contributed by atoms with E-state index in [-0.39, 0.29) is 5.41 Å². The van der Waals surface area contributed by atoms with Gasteiger partial charge < -0.3 is 0 Å². The van der Waals surface area contributed by atoms with Gasteiger partial charge in [-0.1, -0.05) is 89.9 Å². The highest BCUT2D eigenvalue weighted by molar-refractivity contribution is 4.95. The Morgan fingerprint density at radius 3 is 1.05 bits per heavy atom. The first-order valence-corrected chi connectivity index (χ1v) is 9.18. The molecule has 0 amide bonds. The second-order valence-corrected chi connectivity index (χ2v) is 7.12. The molecule has 0 spiro atoms. The number of hydrogen-bond donors (Lipinski definition) is 0. The summed E-state index contributed by atoms with van der Waals surface area (Å²) in [6.45, 7) is 2.18. The van der Waals surface area contributed by atoms with Crippen LogP contribution in [0.5, 0.6) is 0 Å². The molecule has 0 aliphatic heterocycles. The van der Waals surface area contributed by atoms with Crippen LogP contribution in [0.1, 0.15) is 110 Å². The van der Waals surface area contributed by atoms with Crippen LogP contribution >= 0.6 is 0 Å². The molecule has 1 nitrogen and oxygen atoms in total. The molecule has 1 fully saturated rings. The smallest absolute Gasteiger partial charge is 0.0686 e. The fourth-order valence-electron chi connectivity index (χ4n) is 3.39. The van der Waals surface area contributed by atoms with Crippen molar-refractivity contribution < 1.29 is 0 Å². The molecule has 0 unspecified atom stereocenters. The van der Waals surface area contributed by atoms with Crippen molar-refractivity contribution in [3.8, 4) is 6.07 Å². The molecule has 0 aromatic heterocycles. The molecule has 1 rings (SSSR count). The topological polar surface area (TPSA) is 23.8 Å². The lowest BCUT2D eigenvalue weighted by Crippen LogP contribution is -2.13. The first-order valence-electron chi connectivity index (χ1n) is 9.18. The van der Waals surface area contributed by atoms with Crippen molar-refractivity contribution in [3.63, 3.8) is 0 Å². The maximum atomic E-state index is 9.43. The van der Waals surface area contributed by atoms with Crippen LogP contribution < -0.4 is 0 Å².